The van der Waals surface area contributed by atoms with E-state index in [0.29, 0.717) is 5.70 Å². The predicted molar refractivity (Wildman–Crippen MR) is 97.6 cm³/mol. The summed E-state index contributed by atoms with van der Waals surface area (Å²) in [4.78, 5) is 28.6. The number of alkyl halides is 3. The summed E-state index contributed by atoms with van der Waals surface area (Å²) >= 11 is 0. The number of allylic oxidation sites excluding steroid dienone is 3. The summed E-state index contributed by atoms with van der Waals surface area (Å²) < 4.78 is 39.4. The SMILES string of the molecule is O=C1NC2=CC(=NC(=O)c3ccccc3C(F)(F)F)C=CC2C2=C1CCCC2. The van der Waals surface area contributed by atoms with Crippen molar-refractivity contribution >= 4 is 17.5 Å². The lowest BCUT2D eigenvalue weighted by molar-refractivity contribution is -0.137. The van der Waals surface area contributed by atoms with Gasteiger partial charge >= 0.3 is 6.18 Å². The Morgan fingerprint density at radius 1 is 1.14 bits per heavy atom. The highest BCUT2D eigenvalue weighted by molar-refractivity contribution is 6.14. The number of aliphatic imine (C=N–C) groups is 1. The predicted octanol–water partition coefficient (Wildman–Crippen LogP) is 4.36. The summed E-state index contributed by atoms with van der Waals surface area (Å²) in [5, 5.41) is 2.84. The lowest BCUT2D eigenvalue weighted by Crippen LogP contribution is -2.37. The van der Waals surface area contributed by atoms with Crippen molar-refractivity contribution in [1.29, 1.82) is 0 Å². The average molecular weight is 386 g/mol. The minimum absolute atomic E-state index is 0.0653. The van der Waals surface area contributed by atoms with E-state index < -0.39 is 23.2 Å². The van der Waals surface area contributed by atoms with Crippen LogP contribution >= 0.6 is 0 Å². The summed E-state index contributed by atoms with van der Waals surface area (Å²) in [6.07, 6.45) is 4.01. The molecule has 0 radical (unpaired) electrons. The molecule has 1 heterocycles. The quantitative estimate of drug-likeness (QED) is 0.780. The molecule has 1 aliphatic heterocycles. The molecule has 3 aliphatic rings. The number of amides is 2. The van der Waals surface area contributed by atoms with Gasteiger partial charge in [-0.05, 0) is 55.5 Å². The highest BCUT2D eigenvalue weighted by Crippen LogP contribution is 2.38. The first-order valence-electron chi connectivity index (χ1n) is 9.07. The molecule has 28 heavy (non-hydrogen) atoms. The van der Waals surface area contributed by atoms with E-state index in [0.717, 1.165) is 49.0 Å². The Labute approximate surface area is 159 Å². The number of benzene rings is 1. The van der Waals surface area contributed by atoms with Crippen molar-refractivity contribution in [3.63, 3.8) is 0 Å². The molecule has 0 aromatic heterocycles. The molecule has 0 fully saturated rings. The number of halogens is 3. The zero-order valence-electron chi connectivity index (χ0n) is 14.8. The highest BCUT2D eigenvalue weighted by atomic mass is 19.4. The molecule has 0 bridgehead atoms. The summed E-state index contributed by atoms with van der Waals surface area (Å²) in [7, 11) is 0. The molecule has 1 aromatic rings. The number of fused-ring (bicyclic) bond motifs is 2. The van der Waals surface area contributed by atoms with Crippen LogP contribution in [0.1, 0.15) is 41.6 Å². The molecule has 4 nitrogen and oxygen atoms in total. The van der Waals surface area contributed by atoms with Crippen molar-refractivity contribution in [3.05, 3.63) is 70.5 Å². The van der Waals surface area contributed by atoms with Crippen LogP contribution in [0.15, 0.2) is 64.3 Å². The maximum Gasteiger partial charge on any atom is 0.417 e. The van der Waals surface area contributed by atoms with E-state index in [2.05, 4.69) is 10.3 Å². The molecule has 2 amide bonds. The topological polar surface area (TPSA) is 58.5 Å². The normalized spacial score (nSPS) is 23.1. The summed E-state index contributed by atoms with van der Waals surface area (Å²) in [5.74, 6) is -1.17. The van der Waals surface area contributed by atoms with Crippen LogP contribution in [0.5, 0.6) is 0 Å². The van der Waals surface area contributed by atoms with E-state index in [4.69, 9.17) is 0 Å². The van der Waals surface area contributed by atoms with Gasteiger partial charge < -0.3 is 5.32 Å². The van der Waals surface area contributed by atoms with Gasteiger partial charge in [-0.1, -0.05) is 18.2 Å². The number of hydrogen-bond donors (Lipinski definition) is 1. The Hall–Kier alpha value is -2.96. The second-order valence-electron chi connectivity index (χ2n) is 6.99. The van der Waals surface area contributed by atoms with Gasteiger partial charge in [-0.15, -0.1) is 0 Å². The molecular weight excluding hydrogens is 369 g/mol. The second kappa shape index (κ2) is 6.89. The lowest BCUT2D eigenvalue weighted by atomic mass is 9.77. The molecule has 4 rings (SSSR count). The lowest BCUT2D eigenvalue weighted by Gasteiger charge is -2.33. The smallest absolute Gasteiger partial charge is 0.325 e. The van der Waals surface area contributed by atoms with Crippen LogP contribution in [0, 0.1) is 5.92 Å². The Morgan fingerprint density at radius 2 is 1.89 bits per heavy atom. The molecule has 7 heteroatoms. The van der Waals surface area contributed by atoms with Gasteiger partial charge in [0.15, 0.2) is 0 Å². The van der Waals surface area contributed by atoms with Crippen molar-refractivity contribution in [3.8, 4) is 0 Å². The number of nitrogens with zero attached hydrogens (tertiary/aromatic N) is 1. The average Bonchev–Trinajstić information content (AvgIpc) is 2.67. The third kappa shape index (κ3) is 3.32. The van der Waals surface area contributed by atoms with Crippen molar-refractivity contribution in [2.24, 2.45) is 10.9 Å². The number of carbonyl (C=O) groups excluding carboxylic acids is 2. The van der Waals surface area contributed by atoms with Gasteiger partial charge in [-0.2, -0.15) is 13.2 Å². The van der Waals surface area contributed by atoms with Crippen molar-refractivity contribution in [2.45, 2.75) is 31.9 Å². The molecule has 0 saturated heterocycles. The standard InChI is InChI=1S/C21H17F3N2O2/c22-21(23,24)17-8-4-3-7-16(17)20(28)25-12-9-10-14-13-5-1-2-6-15(13)19(27)26-18(14)11-12/h3-4,7-11,14H,1-2,5-6H2,(H,26,27). The highest BCUT2D eigenvalue weighted by Gasteiger charge is 2.35. The third-order valence-corrected chi connectivity index (χ3v) is 5.21. The van der Waals surface area contributed by atoms with E-state index in [9.17, 15) is 22.8 Å². The molecule has 1 aromatic carbocycles. The Morgan fingerprint density at radius 3 is 2.68 bits per heavy atom. The molecule has 144 valence electrons. The van der Waals surface area contributed by atoms with E-state index in [1.807, 2.05) is 6.08 Å². The van der Waals surface area contributed by atoms with Gasteiger partial charge in [0, 0.05) is 17.2 Å². The fourth-order valence-electron chi connectivity index (χ4n) is 3.91. The van der Waals surface area contributed by atoms with Crippen molar-refractivity contribution < 1.29 is 22.8 Å². The molecule has 1 N–H and O–H groups in total. The molecule has 1 atom stereocenters. The van der Waals surface area contributed by atoms with Gasteiger partial charge in [-0.3, -0.25) is 9.59 Å². The van der Waals surface area contributed by atoms with Crippen LogP contribution in [-0.4, -0.2) is 17.5 Å². The molecular formula is C21H17F3N2O2. The van der Waals surface area contributed by atoms with Crippen molar-refractivity contribution in [2.75, 3.05) is 0 Å². The van der Waals surface area contributed by atoms with Crippen LogP contribution < -0.4 is 5.32 Å². The fraction of sp³-hybridized carbons (Fsp3) is 0.286. The number of carbonyl (C=O) groups is 2. The van der Waals surface area contributed by atoms with Crippen molar-refractivity contribution in [1.82, 2.24) is 5.32 Å². The van der Waals surface area contributed by atoms with Crippen LogP contribution in [-0.2, 0) is 11.0 Å². The molecule has 2 aliphatic carbocycles. The van der Waals surface area contributed by atoms with Crippen LogP contribution in [0.4, 0.5) is 13.2 Å². The second-order valence-corrected chi connectivity index (χ2v) is 6.99. The van der Waals surface area contributed by atoms with Gasteiger partial charge in [0.2, 0.25) is 0 Å². The van der Waals surface area contributed by atoms with E-state index >= 15 is 0 Å². The van der Waals surface area contributed by atoms with E-state index in [1.54, 1.807) is 12.2 Å². The van der Waals surface area contributed by atoms with Gasteiger partial charge in [0.05, 0.1) is 16.8 Å². The Bertz CT molecular complexity index is 984. The zero-order chi connectivity index (χ0) is 19.9. The Kier molecular flexibility index (Phi) is 4.53. The minimum Gasteiger partial charge on any atom is -0.325 e. The first-order valence-corrected chi connectivity index (χ1v) is 9.07. The molecule has 0 saturated carbocycles. The molecule has 1 unspecified atom stereocenters. The van der Waals surface area contributed by atoms with E-state index in [-0.39, 0.29) is 17.5 Å². The van der Waals surface area contributed by atoms with Crippen LogP contribution in [0.2, 0.25) is 0 Å². The summed E-state index contributed by atoms with van der Waals surface area (Å²) in [6, 6.07) is 4.56. The number of hydrogen-bond acceptors (Lipinski definition) is 2. The largest absolute Gasteiger partial charge is 0.417 e. The monoisotopic (exact) mass is 386 g/mol. The summed E-state index contributed by atoms with van der Waals surface area (Å²) in [6.45, 7) is 0. The van der Waals surface area contributed by atoms with Gasteiger partial charge in [0.1, 0.15) is 0 Å². The maximum atomic E-state index is 13.1. The maximum absolute atomic E-state index is 13.1. The van der Waals surface area contributed by atoms with Gasteiger partial charge in [-0.25, -0.2) is 4.99 Å². The number of rotatable bonds is 1. The zero-order valence-corrected chi connectivity index (χ0v) is 14.8. The van der Waals surface area contributed by atoms with E-state index in [1.165, 1.54) is 12.1 Å². The first-order chi connectivity index (χ1) is 13.3. The minimum atomic E-state index is -4.64. The first kappa shape index (κ1) is 18.4. The molecule has 0 spiro atoms. The van der Waals surface area contributed by atoms with Crippen LogP contribution in [0.25, 0.3) is 0 Å². The number of nitrogens with one attached hydrogen (secondary N) is 1. The Balaban J connectivity index is 1.65. The van der Waals surface area contributed by atoms with Crippen LogP contribution in [0.3, 0.4) is 0 Å². The third-order valence-electron chi connectivity index (χ3n) is 5.21. The fourth-order valence-corrected chi connectivity index (χ4v) is 3.91. The summed E-state index contributed by atoms with van der Waals surface area (Å²) in [5.41, 5.74) is 1.23. The van der Waals surface area contributed by atoms with Gasteiger partial charge in [0.25, 0.3) is 11.8 Å².